The van der Waals surface area contributed by atoms with Gasteiger partial charge in [0, 0.05) is 38.6 Å². The molecule has 1 atom stereocenters. The van der Waals surface area contributed by atoms with Gasteiger partial charge in [-0.2, -0.15) is 0 Å². The Morgan fingerprint density at radius 3 is 3.22 bits per heavy atom. The molecule has 1 unspecified atom stereocenters. The molecule has 2 rings (SSSR count). The summed E-state index contributed by atoms with van der Waals surface area (Å²) in [6, 6.07) is 0. The molecule has 2 N–H and O–H groups in total. The lowest BCUT2D eigenvalue weighted by atomic mass is 10.2. The van der Waals surface area contributed by atoms with Crippen molar-refractivity contribution in [3.8, 4) is 0 Å². The van der Waals surface area contributed by atoms with Gasteiger partial charge in [-0.25, -0.2) is 4.98 Å². The Labute approximate surface area is 109 Å². The topological polar surface area (TPSA) is 53.2 Å². The summed E-state index contributed by atoms with van der Waals surface area (Å²) in [5, 5.41) is 3.39. The Balaban J connectivity index is 1.66. The maximum Gasteiger partial charge on any atom is 0.120 e. The minimum absolute atomic E-state index is 0.299. The van der Waals surface area contributed by atoms with Crippen molar-refractivity contribution in [2.45, 2.75) is 26.5 Å². The Morgan fingerprint density at radius 2 is 2.50 bits per heavy atom. The zero-order valence-electron chi connectivity index (χ0n) is 11.4. The summed E-state index contributed by atoms with van der Waals surface area (Å²) in [6.07, 6.45) is 3.92. The number of morpholine rings is 1. The first-order valence-electron chi connectivity index (χ1n) is 6.77. The Morgan fingerprint density at radius 1 is 1.61 bits per heavy atom. The van der Waals surface area contributed by atoms with Gasteiger partial charge >= 0.3 is 0 Å². The number of imidazole rings is 1. The van der Waals surface area contributed by atoms with Gasteiger partial charge in [0.05, 0.1) is 19.3 Å². The van der Waals surface area contributed by atoms with E-state index < -0.39 is 0 Å². The summed E-state index contributed by atoms with van der Waals surface area (Å²) in [6.45, 7) is 10.3. The highest BCUT2D eigenvalue weighted by molar-refractivity contribution is 4.86. The second-order valence-electron chi connectivity index (χ2n) is 5.31. The third-order valence-corrected chi connectivity index (χ3v) is 3.07. The number of aromatic amines is 1. The van der Waals surface area contributed by atoms with Crippen molar-refractivity contribution in [2.75, 3.05) is 32.8 Å². The molecule has 102 valence electrons. The Kier molecular flexibility index (Phi) is 5.16. The molecule has 0 aromatic carbocycles. The molecular formula is C13H24N4O. The lowest BCUT2D eigenvalue weighted by molar-refractivity contribution is -0.0304. The van der Waals surface area contributed by atoms with Crippen molar-refractivity contribution in [1.82, 2.24) is 20.2 Å². The van der Waals surface area contributed by atoms with E-state index in [2.05, 4.69) is 34.0 Å². The third kappa shape index (κ3) is 4.40. The van der Waals surface area contributed by atoms with E-state index in [0.29, 0.717) is 6.10 Å². The van der Waals surface area contributed by atoms with E-state index in [1.807, 2.05) is 6.20 Å². The summed E-state index contributed by atoms with van der Waals surface area (Å²) in [5.41, 5.74) is 0. The molecule has 0 spiro atoms. The van der Waals surface area contributed by atoms with Crippen LogP contribution in [0.1, 0.15) is 19.7 Å². The molecule has 0 bridgehead atoms. The van der Waals surface area contributed by atoms with E-state index in [4.69, 9.17) is 4.74 Å². The summed E-state index contributed by atoms with van der Waals surface area (Å²) in [4.78, 5) is 9.76. The van der Waals surface area contributed by atoms with Crippen molar-refractivity contribution < 1.29 is 4.74 Å². The number of H-pyrrole nitrogens is 1. The zero-order chi connectivity index (χ0) is 12.8. The Bertz CT molecular complexity index is 326. The number of hydrogen-bond donors (Lipinski definition) is 2. The van der Waals surface area contributed by atoms with Gasteiger partial charge in [-0.05, 0) is 5.92 Å². The number of rotatable bonds is 6. The van der Waals surface area contributed by atoms with Crippen LogP contribution in [0.3, 0.4) is 0 Å². The molecule has 0 aliphatic carbocycles. The van der Waals surface area contributed by atoms with Crippen LogP contribution in [0.5, 0.6) is 0 Å². The van der Waals surface area contributed by atoms with E-state index in [1.165, 1.54) is 0 Å². The maximum atomic E-state index is 5.77. The molecule has 1 aromatic heterocycles. The fourth-order valence-corrected chi connectivity index (χ4v) is 2.33. The van der Waals surface area contributed by atoms with E-state index >= 15 is 0 Å². The lowest BCUT2D eigenvalue weighted by Crippen LogP contribution is -2.47. The van der Waals surface area contributed by atoms with Crippen LogP contribution in [-0.2, 0) is 11.3 Å². The molecule has 5 nitrogen and oxygen atoms in total. The van der Waals surface area contributed by atoms with Crippen LogP contribution in [0, 0.1) is 5.92 Å². The highest BCUT2D eigenvalue weighted by atomic mass is 16.5. The molecule has 0 radical (unpaired) electrons. The van der Waals surface area contributed by atoms with Crippen molar-refractivity contribution >= 4 is 0 Å². The van der Waals surface area contributed by atoms with Crippen molar-refractivity contribution in [3.63, 3.8) is 0 Å². The van der Waals surface area contributed by atoms with Gasteiger partial charge in [0.25, 0.3) is 0 Å². The minimum atomic E-state index is 0.299. The first-order chi connectivity index (χ1) is 8.74. The first kappa shape index (κ1) is 13.5. The van der Waals surface area contributed by atoms with E-state index in [9.17, 15) is 0 Å². The van der Waals surface area contributed by atoms with Gasteiger partial charge in [0.2, 0.25) is 0 Å². The molecule has 18 heavy (non-hydrogen) atoms. The third-order valence-electron chi connectivity index (χ3n) is 3.07. The molecule has 1 saturated heterocycles. The van der Waals surface area contributed by atoms with Crippen LogP contribution in [-0.4, -0.2) is 53.8 Å². The summed E-state index contributed by atoms with van der Waals surface area (Å²) in [7, 11) is 0. The van der Waals surface area contributed by atoms with Gasteiger partial charge in [-0.3, -0.25) is 4.90 Å². The quantitative estimate of drug-likeness (QED) is 0.788. The first-order valence-corrected chi connectivity index (χ1v) is 6.77. The summed E-state index contributed by atoms with van der Waals surface area (Å²) < 4.78 is 5.77. The molecule has 5 heteroatoms. The van der Waals surface area contributed by atoms with Crippen molar-refractivity contribution in [2.24, 2.45) is 5.92 Å². The number of nitrogens with zero attached hydrogens (tertiary/aromatic N) is 2. The Hall–Kier alpha value is -0.910. The van der Waals surface area contributed by atoms with Gasteiger partial charge in [-0.1, -0.05) is 13.8 Å². The molecule has 0 amide bonds. The maximum absolute atomic E-state index is 5.77. The molecule has 1 fully saturated rings. The highest BCUT2D eigenvalue weighted by Crippen LogP contribution is 2.07. The fraction of sp³-hybridized carbons (Fsp3) is 0.769. The average Bonchev–Trinajstić information content (AvgIpc) is 2.82. The van der Waals surface area contributed by atoms with Crippen LogP contribution in [0.2, 0.25) is 0 Å². The fourth-order valence-electron chi connectivity index (χ4n) is 2.33. The predicted molar refractivity (Wildman–Crippen MR) is 71.3 cm³/mol. The van der Waals surface area contributed by atoms with E-state index in [1.54, 1.807) is 6.20 Å². The second kappa shape index (κ2) is 6.87. The zero-order valence-corrected chi connectivity index (χ0v) is 11.4. The predicted octanol–water partition coefficient (Wildman–Crippen LogP) is 0.856. The van der Waals surface area contributed by atoms with Crippen molar-refractivity contribution in [1.29, 1.82) is 0 Å². The van der Waals surface area contributed by atoms with Crippen LogP contribution >= 0.6 is 0 Å². The van der Waals surface area contributed by atoms with Crippen LogP contribution < -0.4 is 5.32 Å². The highest BCUT2D eigenvalue weighted by Gasteiger charge is 2.20. The van der Waals surface area contributed by atoms with Gasteiger partial charge in [0.1, 0.15) is 5.82 Å². The molecule has 1 aromatic rings. The number of hydrogen-bond acceptors (Lipinski definition) is 4. The molecule has 0 saturated carbocycles. The molecular weight excluding hydrogens is 228 g/mol. The second-order valence-corrected chi connectivity index (χ2v) is 5.31. The summed E-state index contributed by atoms with van der Waals surface area (Å²) >= 11 is 0. The van der Waals surface area contributed by atoms with E-state index in [-0.39, 0.29) is 0 Å². The SMILES string of the molecule is CC(C)CN1CCOC(CNCc2ncc[nH]2)C1. The number of ether oxygens (including phenoxy) is 1. The smallest absolute Gasteiger partial charge is 0.120 e. The largest absolute Gasteiger partial charge is 0.374 e. The average molecular weight is 252 g/mol. The monoisotopic (exact) mass is 252 g/mol. The summed E-state index contributed by atoms with van der Waals surface area (Å²) in [5.74, 6) is 1.70. The normalized spacial score (nSPS) is 21.6. The van der Waals surface area contributed by atoms with Crippen LogP contribution in [0.15, 0.2) is 12.4 Å². The molecule has 2 heterocycles. The van der Waals surface area contributed by atoms with Gasteiger partial charge < -0.3 is 15.0 Å². The minimum Gasteiger partial charge on any atom is -0.374 e. The lowest BCUT2D eigenvalue weighted by Gasteiger charge is -2.34. The molecule has 1 aliphatic rings. The van der Waals surface area contributed by atoms with Crippen molar-refractivity contribution in [3.05, 3.63) is 18.2 Å². The number of aromatic nitrogens is 2. The van der Waals surface area contributed by atoms with Gasteiger partial charge in [-0.15, -0.1) is 0 Å². The van der Waals surface area contributed by atoms with Crippen LogP contribution in [0.4, 0.5) is 0 Å². The van der Waals surface area contributed by atoms with Crippen LogP contribution in [0.25, 0.3) is 0 Å². The standard InChI is InChI=1S/C13H24N4O/c1-11(2)9-17-5-6-18-12(10-17)7-14-8-13-15-3-4-16-13/h3-4,11-12,14H,5-10H2,1-2H3,(H,15,16). The molecule has 1 aliphatic heterocycles. The van der Waals surface area contributed by atoms with E-state index in [0.717, 1.165) is 51.1 Å². The number of nitrogens with one attached hydrogen (secondary N) is 2. The van der Waals surface area contributed by atoms with Gasteiger partial charge in [0.15, 0.2) is 0 Å².